The number of ether oxygens (including phenoxy) is 1. The SMILES string of the molecule is NNc1nc(NCCCOCCO)c2ccccc2n1. The van der Waals surface area contributed by atoms with E-state index >= 15 is 0 Å². The van der Waals surface area contributed by atoms with Crippen molar-refractivity contribution in [2.75, 3.05) is 37.1 Å². The van der Waals surface area contributed by atoms with E-state index in [2.05, 4.69) is 20.7 Å². The Morgan fingerprint density at radius 3 is 2.85 bits per heavy atom. The number of aliphatic hydroxyl groups excluding tert-OH is 1. The van der Waals surface area contributed by atoms with Crippen LogP contribution in [-0.2, 0) is 4.74 Å². The molecule has 0 saturated heterocycles. The quantitative estimate of drug-likeness (QED) is 0.320. The third-order valence-corrected chi connectivity index (χ3v) is 2.73. The summed E-state index contributed by atoms with van der Waals surface area (Å²) in [5.74, 6) is 6.49. The normalized spacial score (nSPS) is 10.7. The highest BCUT2D eigenvalue weighted by Gasteiger charge is 2.05. The van der Waals surface area contributed by atoms with E-state index in [1.807, 2.05) is 24.3 Å². The molecule has 2 rings (SSSR count). The molecule has 1 aromatic carbocycles. The van der Waals surface area contributed by atoms with Crippen molar-refractivity contribution in [3.05, 3.63) is 24.3 Å². The molecule has 0 fully saturated rings. The Balaban J connectivity index is 2.01. The van der Waals surface area contributed by atoms with E-state index in [1.54, 1.807) is 0 Å². The minimum absolute atomic E-state index is 0.0511. The van der Waals surface area contributed by atoms with Crippen LogP contribution in [0.3, 0.4) is 0 Å². The predicted octanol–water partition coefficient (Wildman–Crippen LogP) is 0.726. The van der Waals surface area contributed by atoms with Gasteiger partial charge in [-0.25, -0.2) is 10.8 Å². The molecule has 108 valence electrons. The molecule has 0 aliphatic heterocycles. The molecule has 1 heterocycles. The number of rotatable bonds is 8. The Bertz CT molecular complexity index is 549. The molecule has 0 bridgehead atoms. The van der Waals surface area contributed by atoms with Gasteiger partial charge in [0.25, 0.3) is 0 Å². The Morgan fingerprint density at radius 2 is 2.05 bits per heavy atom. The number of nitrogens with one attached hydrogen (secondary N) is 2. The van der Waals surface area contributed by atoms with E-state index in [-0.39, 0.29) is 6.61 Å². The standard InChI is InChI=1S/C13H19N5O2/c14-18-13-16-11-5-2-1-4-10(11)12(17-13)15-6-3-8-20-9-7-19/h1-2,4-5,19H,3,6-9,14H2,(H2,15,16,17,18). The number of benzene rings is 1. The van der Waals surface area contributed by atoms with Gasteiger partial charge in [-0.1, -0.05) is 12.1 Å². The van der Waals surface area contributed by atoms with E-state index in [9.17, 15) is 0 Å². The molecule has 7 heteroatoms. The minimum Gasteiger partial charge on any atom is -0.394 e. The van der Waals surface area contributed by atoms with Crippen LogP contribution in [0.1, 0.15) is 6.42 Å². The van der Waals surface area contributed by atoms with Gasteiger partial charge in [0.15, 0.2) is 0 Å². The highest BCUT2D eigenvalue weighted by molar-refractivity contribution is 5.89. The first-order chi connectivity index (χ1) is 9.85. The molecule has 0 unspecified atom stereocenters. The zero-order valence-corrected chi connectivity index (χ0v) is 11.2. The molecule has 0 radical (unpaired) electrons. The average Bonchev–Trinajstić information content (AvgIpc) is 2.50. The molecule has 7 nitrogen and oxygen atoms in total. The summed E-state index contributed by atoms with van der Waals surface area (Å²) in [6, 6.07) is 7.73. The van der Waals surface area contributed by atoms with Gasteiger partial charge in [0.05, 0.1) is 18.7 Å². The molecule has 1 aromatic heterocycles. The summed E-state index contributed by atoms with van der Waals surface area (Å²) in [5.41, 5.74) is 3.29. The maximum atomic E-state index is 8.60. The largest absolute Gasteiger partial charge is 0.394 e. The topological polar surface area (TPSA) is 105 Å². The lowest BCUT2D eigenvalue weighted by atomic mass is 10.2. The summed E-state index contributed by atoms with van der Waals surface area (Å²) in [6.07, 6.45) is 0.823. The Labute approximate surface area is 117 Å². The smallest absolute Gasteiger partial charge is 0.239 e. The van der Waals surface area contributed by atoms with Gasteiger partial charge in [-0.05, 0) is 18.6 Å². The maximum absolute atomic E-state index is 8.60. The molecule has 0 aliphatic rings. The van der Waals surface area contributed by atoms with Crippen molar-refractivity contribution in [3.63, 3.8) is 0 Å². The number of aromatic nitrogens is 2. The van der Waals surface area contributed by atoms with Gasteiger partial charge in [-0.3, -0.25) is 5.43 Å². The second kappa shape index (κ2) is 7.59. The van der Waals surface area contributed by atoms with E-state index in [0.29, 0.717) is 19.2 Å². The number of para-hydroxylation sites is 1. The van der Waals surface area contributed by atoms with Crippen molar-refractivity contribution in [3.8, 4) is 0 Å². The summed E-state index contributed by atoms with van der Waals surface area (Å²) in [4.78, 5) is 8.60. The monoisotopic (exact) mass is 277 g/mol. The summed E-state index contributed by atoms with van der Waals surface area (Å²) in [5, 5.41) is 12.8. The lowest BCUT2D eigenvalue weighted by molar-refractivity contribution is 0.0922. The van der Waals surface area contributed by atoms with Gasteiger partial charge < -0.3 is 15.2 Å². The van der Waals surface area contributed by atoms with Crippen molar-refractivity contribution in [2.45, 2.75) is 6.42 Å². The lowest BCUT2D eigenvalue weighted by Crippen LogP contribution is -2.13. The van der Waals surface area contributed by atoms with Gasteiger partial charge in [0, 0.05) is 18.5 Å². The summed E-state index contributed by atoms with van der Waals surface area (Å²) in [7, 11) is 0. The summed E-state index contributed by atoms with van der Waals surface area (Å²) >= 11 is 0. The zero-order valence-electron chi connectivity index (χ0n) is 11.2. The first kappa shape index (κ1) is 14.4. The molecular weight excluding hydrogens is 258 g/mol. The number of nitrogens with two attached hydrogens (primary N) is 1. The predicted molar refractivity (Wildman–Crippen MR) is 78.4 cm³/mol. The van der Waals surface area contributed by atoms with Gasteiger partial charge in [0.2, 0.25) is 5.95 Å². The third-order valence-electron chi connectivity index (χ3n) is 2.73. The zero-order chi connectivity index (χ0) is 14.2. The summed E-state index contributed by atoms with van der Waals surface area (Å²) in [6.45, 7) is 1.74. The van der Waals surface area contributed by atoms with Crippen LogP contribution < -0.4 is 16.6 Å². The van der Waals surface area contributed by atoms with E-state index in [0.717, 1.165) is 29.7 Å². The van der Waals surface area contributed by atoms with Crippen molar-refractivity contribution in [1.82, 2.24) is 9.97 Å². The van der Waals surface area contributed by atoms with E-state index < -0.39 is 0 Å². The highest BCUT2D eigenvalue weighted by Crippen LogP contribution is 2.21. The van der Waals surface area contributed by atoms with Gasteiger partial charge in [-0.2, -0.15) is 4.98 Å². The number of hydrogen-bond donors (Lipinski definition) is 4. The van der Waals surface area contributed by atoms with Crippen LogP contribution in [0.2, 0.25) is 0 Å². The number of hydrazine groups is 1. The maximum Gasteiger partial charge on any atom is 0.239 e. The molecule has 0 amide bonds. The Kier molecular flexibility index (Phi) is 5.48. The molecule has 2 aromatic rings. The van der Waals surface area contributed by atoms with Crippen LogP contribution in [0.4, 0.5) is 11.8 Å². The Morgan fingerprint density at radius 1 is 1.20 bits per heavy atom. The van der Waals surface area contributed by atoms with Gasteiger partial charge in [0.1, 0.15) is 5.82 Å². The number of aliphatic hydroxyl groups is 1. The number of hydrogen-bond acceptors (Lipinski definition) is 7. The third kappa shape index (κ3) is 3.77. The minimum atomic E-state index is 0.0511. The fourth-order valence-electron chi connectivity index (χ4n) is 1.82. The first-order valence-corrected chi connectivity index (χ1v) is 6.51. The van der Waals surface area contributed by atoms with Crippen LogP contribution in [0, 0.1) is 0 Å². The number of fused-ring (bicyclic) bond motifs is 1. The van der Waals surface area contributed by atoms with Crippen LogP contribution in [0.15, 0.2) is 24.3 Å². The van der Waals surface area contributed by atoms with Crippen LogP contribution >= 0.6 is 0 Å². The van der Waals surface area contributed by atoms with Crippen LogP contribution in [0.25, 0.3) is 10.9 Å². The molecule has 0 atom stereocenters. The van der Waals surface area contributed by atoms with E-state index in [1.165, 1.54) is 0 Å². The Hall–Kier alpha value is -1.96. The molecule has 0 aliphatic carbocycles. The fourth-order valence-corrected chi connectivity index (χ4v) is 1.82. The molecule has 20 heavy (non-hydrogen) atoms. The molecule has 5 N–H and O–H groups in total. The van der Waals surface area contributed by atoms with Crippen LogP contribution in [0.5, 0.6) is 0 Å². The first-order valence-electron chi connectivity index (χ1n) is 6.51. The number of anilines is 2. The second-order valence-corrected chi connectivity index (χ2v) is 4.17. The van der Waals surface area contributed by atoms with Crippen molar-refractivity contribution in [2.24, 2.45) is 5.84 Å². The summed E-state index contributed by atoms with van der Waals surface area (Å²) < 4.78 is 5.20. The number of nitrogen functional groups attached to an aromatic ring is 1. The molecule has 0 saturated carbocycles. The number of nitrogens with zero attached hydrogens (tertiary/aromatic N) is 2. The van der Waals surface area contributed by atoms with Crippen molar-refractivity contribution < 1.29 is 9.84 Å². The average molecular weight is 277 g/mol. The van der Waals surface area contributed by atoms with Gasteiger partial charge >= 0.3 is 0 Å². The van der Waals surface area contributed by atoms with Crippen molar-refractivity contribution in [1.29, 1.82) is 0 Å². The van der Waals surface area contributed by atoms with Crippen molar-refractivity contribution >= 4 is 22.7 Å². The van der Waals surface area contributed by atoms with E-state index in [4.69, 9.17) is 15.7 Å². The lowest BCUT2D eigenvalue weighted by Gasteiger charge is -2.10. The van der Waals surface area contributed by atoms with Crippen LogP contribution in [-0.4, -0.2) is 41.4 Å². The fraction of sp³-hybridized carbons (Fsp3) is 0.385. The molecular formula is C13H19N5O2. The highest BCUT2D eigenvalue weighted by atomic mass is 16.5. The molecule has 0 spiro atoms. The second-order valence-electron chi connectivity index (χ2n) is 4.17. The van der Waals surface area contributed by atoms with Gasteiger partial charge in [-0.15, -0.1) is 0 Å².